The van der Waals surface area contributed by atoms with Crippen LogP contribution >= 0.6 is 0 Å². The van der Waals surface area contributed by atoms with Crippen LogP contribution < -0.4 is 21.5 Å². The number of rotatable bonds is 2. The number of nitrogens with zero attached hydrogens (tertiary/aromatic N) is 3. The quantitative estimate of drug-likeness (QED) is 0.767. The maximum atomic E-state index is 5.91. The fourth-order valence-corrected chi connectivity index (χ4v) is 3.67. The topological polar surface area (TPSA) is 79.1 Å². The van der Waals surface area contributed by atoms with Crippen molar-refractivity contribution in [2.45, 2.75) is 31.5 Å². The second kappa shape index (κ2) is 5.79. The molecule has 116 valence electrons. The molecule has 2 aromatic rings. The number of nitrogens with two attached hydrogens (primary N) is 1. The zero-order valence-electron chi connectivity index (χ0n) is 12.6. The van der Waals surface area contributed by atoms with E-state index >= 15 is 0 Å². The fourth-order valence-electron chi connectivity index (χ4n) is 3.67. The fraction of sp³-hybridized carbons (Fsp3) is 0.500. The van der Waals surface area contributed by atoms with Crippen LogP contribution in [0.25, 0.3) is 10.9 Å². The third kappa shape index (κ3) is 2.54. The lowest BCUT2D eigenvalue weighted by molar-refractivity contribution is 0.310. The summed E-state index contributed by atoms with van der Waals surface area (Å²) in [6.07, 6.45) is 5.12. The first kappa shape index (κ1) is 13.9. The number of anilines is 1. The van der Waals surface area contributed by atoms with Crippen LogP contribution in [-0.4, -0.2) is 35.3 Å². The zero-order chi connectivity index (χ0) is 14.9. The molecule has 1 aromatic heterocycles. The van der Waals surface area contributed by atoms with Crippen LogP contribution in [0.3, 0.4) is 0 Å². The number of hydrazine groups is 1. The van der Waals surface area contributed by atoms with Gasteiger partial charge in [0.2, 0.25) is 0 Å². The number of piperidine rings is 1. The van der Waals surface area contributed by atoms with Crippen molar-refractivity contribution in [3.8, 4) is 0 Å². The lowest BCUT2D eigenvalue weighted by atomic mass is 9.88. The number of aromatic nitrogens is 2. The summed E-state index contributed by atoms with van der Waals surface area (Å²) < 4.78 is 0. The van der Waals surface area contributed by atoms with Gasteiger partial charge in [0.15, 0.2) is 0 Å². The van der Waals surface area contributed by atoms with Crippen LogP contribution in [0.5, 0.6) is 0 Å². The molecule has 0 saturated carbocycles. The Hall–Kier alpha value is -1.76. The molecule has 0 bridgehead atoms. The van der Waals surface area contributed by atoms with E-state index in [1.807, 2.05) is 12.1 Å². The number of para-hydroxylation sites is 1. The SMILES string of the molecule is NC1CC(C2CCN(c3ncnc4ccccc34)CC2)NN1. The molecule has 0 amide bonds. The van der Waals surface area contributed by atoms with Crippen molar-refractivity contribution in [1.82, 2.24) is 20.8 Å². The second-order valence-electron chi connectivity index (χ2n) is 6.28. The van der Waals surface area contributed by atoms with E-state index in [1.165, 1.54) is 12.8 Å². The Labute approximate surface area is 130 Å². The van der Waals surface area contributed by atoms with E-state index in [4.69, 9.17) is 5.73 Å². The molecule has 6 heteroatoms. The molecule has 1 aromatic carbocycles. The van der Waals surface area contributed by atoms with Crippen molar-refractivity contribution in [2.24, 2.45) is 11.7 Å². The monoisotopic (exact) mass is 298 g/mol. The Morgan fingerprint density at radius 2 is 1.91 bits per heavy atom. The van der Waals surface area contributed by atoms with Crippen LogP contribution in [0.15, 0.2) is 30.6 Å². The van der Waals surface area contributed by atoms with Crippen molar-refractivity contribution in [1.29, 1.82) is 0 Å². The van der Waals surface area contributed by atoms with Crippen molar-refractivity contribution < 1.29 is 0 Å². The minimum atomic E-state index is 0.0915. The molecule has 2 aliphatic heterocycles. The summed E-state index contributed by atoms with van der Waals surface area (Å²) in [4.78, 5) is 11.3. The zero-order valence-corrected chi connectivity index (χ0v) is 12.6. The summed E-state index contributed by atoms with van der Waals surface area (Å²) >= 11 is 0. The van der Waals surface area contributed by atoms with Crippen LogP contribution in [0.2, 0.25) is 0 Å². The first-order chi connectivity index (χ1) is 10.8. The third-order valence-corrected chi connectivity index (χ3v) is 4.89. The van der Waals surface area contributed by atoms with Crippen LogP contribution in [0, 0.1) is 5.92 Å². The summed E-state index contributed by atoms with van der Waals surface area (Å²) in [5, 5.41) is 1.14. The van der Waals surface area contributed by atoms with Gasteiger partial charge in [0.25, 0.3) is 0 Å². The first-order valence-electron chi connectivity index (χ1n) is 8.02. The van der Waals surface area contributed by atoms with Crippen molar-refractivity contribution >= 4 is 16.7 Å². The van der Waals surface area contributed by atoms with Gasteiger partial charge in [-0.3, -0.25) is 5.43 Å². The van der Waals surface area contributed by atoms with Crippen molar-refractivity contribution in [3.63, 3.8) is 0 Å². The second-order valence-corrected chi connectivity index (χ2v) is 6.28. The average Bonchev–Trinajstić information content (AvgIpc) is 3.01. The number of hydrogen-bond acceptors (Lipinski definition) is 6. The molecule has 0 spiro atoms. The molecule has 2 saturated heterocycles. The molecule has 0 radical (unpaired) electrons. The maximum absolute atomic E-state index is 5.91. The number of hydrogen-bond donors (Lipinski definition) is 3. The maximum Gasteiger partial charge on any atom is 0.139 e. The average molecular weight is 298 g/mol. The van der Waals surface area contributed by atoms with Gasteiger partial charge in [-0.1, -0.05) is 12.1 Å². The van der Waals surface area contributed by atoms with Gasteiger partial charge in [0.1, 0.15) is 12.1 Å². The van der Waals surface area contributed by atoms with E-state index in [-0.39, 0.29) is 6.17 Å². The molecule has 3 heterocycles. The summed E-state index contributed by atoms with van der Waals surface area (Å²) in [5.41, 5.74) is 13.4. The smallest absolute Gasteiger partial charge is 0.139 e. The molecule has 2 fully saturated rings. The Balaban J connectivity index is 1.49. The Morgan fingerprint density at radius 1 is 1.09 bits per heavy atom. The summed E-state index contributed by atoms with van der Waals surface area (Å²) in [6.45, 7) is 2.08. The summed E-state index contributed by atoms with van der Waals surface area (Å²) in [6, 6.07) is 8.73. The van der Waals surface area contributed by atoms with Crippen molar-refractivity contribution in [2.75, 3.05) is 18.0 Å². The molecule has 4 rings (SSSR count). The van der Waals surface area contributed by atoms with Gasteiger partial charge in [-0.05, 0) is 37.3 Å². The van der Waals surface area contributed by atoms with Gasteiger partial charge >= 0.3 is 0 Å². The Morgan fingerprint density at radius 3 is 2.68 bits per heavy atom. The Kier molecular flexibility index (Phi) is 3.65. The highest BCUT2D eigenvalue weighted by Crippen LogP contribution is 2.29. The molecular weight excluding hydrogens is 276 g/mol. The van der Waals surface area contributed by atoms with Gasteiger partial charge in [-0.15, -0.1) is 0 Å². The van der Waals surface area contributed by atoms with Crippen LogP contribution in [0.4, 0.5) is 5.82 Å². The molecule has 22 heavy (non-hydrogen) atoms. The standard InChI is InChI=1S/C16H22N6/c17-15-9-14(20-21-15)11-5-7-22(8-6-11)16-12-3-1-2-4-13(12)18-10-19-16/h1-4,10-11,14-15,20-21H,5-9,17H2. The lowest BCUT2D eigenvalue weighted by Crippen LogP contribution is -2.43. The number of fused-ring (bicyclic) bond motifs is 1. The van der Waals surface area contributed by atoms with E-state index in [2.05, 4.69) is 37.9 Å². The minimum absolute atomic E-state index is 0.0915. The highest BCUT2D eigenvalue weighted by Gasteiger charge is 2.31. The molecule has 4 N–H and O–H groups in total. The van der Waals surface area contributed by atoms with Gasteiger partial charge < -0.3 is 10.6 Å². The van der Waals surface area contributed by atoms with Gasteiger partial charge in [0.05, 0.1) is 11.7 Å². The van der Waals surface area contributed by atoms with Crippen LogP contribution in [-0.2, 0) is 0 Å². The molecule has 6 nitrogen and oxygen atoms in total. The van der Waals surface area contributed by atoms with Gasteiger partial charge in [0, 0.05) is 24.5 Å². The molecular formula is C16H22N6. The predicted molar refractivity (Wildman–Crippen MR) is 87.1 cm³/mol. The largest absolute Gasteiger partial charge is 0.356 e. The normalized spacial score (nSPS) is 26.7. The highest BCUT2D eigenvalue weighted by molar-refractivity contribution is 5.89. The summed E-state index contributed by atoms with van der Waals surface area (Å²) in [5.74, 6) is 1.75. The Bertz CT molecular complexity index is 647. The highest BCUT2D eigenvalue weighted by atomic mass is 15.4. The molecule has 2 unspecified atom stereocenters. The summed E-state index contributed by atoms with van der Waals surface area (Å²) in [7, 11) is 0. The van der Waals surface area contributed by atoms with Crippen molar-refractivity contribution in [3.05, 3.63) is 30.6 Å². The van der Waals surface area contributed by atoms with E-state index in [9.17, 15) is 0 Å². The van der Waals surface area contributed by atoms with E-state index in [0.717, 1.165) is 36.2 Å². The van der Waals surface area contributed by atoms with Gasteiger partial charge in [-0.25, -0.2) is 15.4 Å². The lowest BCUT2D eigenvalue weighted by Gasteiger charge is -2.35. The van der Waals surface area contributed by atoms with Gasteiger partial charge in [-0.2, -0.15) is 0 Å². The van der Waals surface area contributed by atoms with E-state index in [0.29, 0.717) is 12.0 Å². The number of nitrogens with one attached hydrogen (secondary N) is 2. The van der Waals surface area contributed by atoms with Crippen LogP contribution in [0.1, 0.15) is 19.3 Å². The third-order valence-electron chi connectivity index (χ3n) is 4.89. The first-order valence-corrected chi connectivity index (χ1v) is 8.02. The number of benzene rings is 1. The minimum Gasteiger partial charge on any atom is -0.356 e. The van der Waals surface area contributed by atoms with E-state index in [1.54, 1.807) is 6.33 Å². The van der Waals surface area contributed by atoms with E-state index < -0.39 is 0 Å². The molecule has 0 aliphatic carbocycles. The molecule has 2 atom stereocenters. The predicted octanol–water partition coefficient (Wildman–Crippen LogP) is 0.997. The molecule has 2 aliphatic rings.